The van der Waals surface area contributed by atoms with Crippen molar-refractivity contribution in [2.45, 2.75) is 33.1 Å². The molecule has 0 saturated heterocycles. The molecule has 0 bridgehead atoms. The fourth-order valence-electron chi connectivity index (χ4n) is 2.12. The zero-order valence-corrected chi connectivity index (χ0v) is 13.7. The van der Waals surface area contributed by atoms with E-state index in [-0.39, 0.29) is 11.9 Å². The molecule has 0 aromatic carbocycles. The van der Waals surface area contributed by atoms with Crippen LogP contribution in [0, 0.1) is 13.8 Å². The van der Waals surface area contributed by atoms with Gasteiger partial charge < -0.3 is 9.72 Å². The summed E-state index contributed by atoms with van der Waals surface area (Å²) in [6.45, 7) is 3.80. The third kappa shape index (κ3) is 4.17. The smallest absolute Gasteiger partial charge is 0.305 e. The largest absolute Gasteiger partial charge is 0.469 e. The second kappa shape index (κ2) is 7.22. The van der Waals surface area contributed by atoms with Gasteiger partial charge in [0.2, 0.25) is 0 Å². The topological polar surface area (TPSA) is 84.1 Å². The van der Waals surface area contributed by atoms with Crippen LogP contribution in [0.1, 0.15) is 40.3 Å². The molecule has 7 heteroatoms. The molecule has 2 aromatic heterocycles. The number of aromatic nitrogens is 2. The first-order valence-corrected chi connectivity index (χ1v) is 7.86. The van der Waals surface area contributed by atoms with Gasteiger partial charge in [-0.3, -0.25) is 14.9 Å². The third-order valence-electron chi connectivity index (χ3n) is 3.19. The summed E-state index contributed by atoms with van der Waals surface area (Å²) in [5, 5.41) is 5.24. The van der Waals surface area contributed by atoms with Crippen LogP contribution >= 0.6 is 11.3 Å². The van der Waals surface area contributed by atoms with Crippen molar-refractivity contribution in [3.05, 3.63) is 34.1 Å². The van der Waals surface area contributed by atoms with Crippen LogP contribution in [0.5, 0.6) is 0 Å². The lowest BCUT2D eigenvalue weighted by Gasteiger charge is -2.01. The number of carbonyl (C=O) groups is 2. The molecular weight excluding hydrogens is 302 g/mol. The van der Waals surface area contributed by atoms with Gasteiger partial charge in [0.25, 0.3) is 5.91 Å². The lowest BCUT2D eigenvalue weighted by Crippen LogP contribution is -2.13. The van der Waals surface area contributed by atoms with Crippen LogP contribution in [0.15, 0.2) is 11.4 Å². The Morgan fingerprint density at radius 2 is 2.18 bits per heavy atom. The van der Waals surface area contributed by atoms with Crippen LogP contribution in [0.25, 0.3) is 0 Å². The summed E-state index contributed by atoms with van der Waals surface area (Å²) in [4.78, 5) is 30.6. The molecule has 0 saturated carbocycles. The predicted molar refractivity (Wildman–Crippen MR) is 85.3 cm³/mol. The maximum atomic E-state index is 12.2. The number of carbonyl (C=O) groups excluding carboxylic acids is 2. The average Bonchev–Trinajstić information content (AvgIpc) is 3.05. The molecule has 118 valence electrons. The number of ether oxygens (including phenoxy) is 1. The van der Waals surface area contributed by atoms with Gasteiger partial charge in [-0.15, -0.1) is 11.3 Å². The van der Waals surface area contributed by atoms with Gasteiger partial charge in [-0.2, -0.15) is 0 Å². The van der Waals surface area contributed by atoms with Crippen molar-refractivity contribution in [2.24, 2.45) is 0 Å². The number of hydrogen-bond acceptors (Lipinski definition) is 5. The Morgan fingerprint density at radius 1 is 1.41 bits per heavy atom. The Balaban J connectivity index is 1.90. The number of nitrogens with one attached hydrogen (secondary N) is 2. The van der Waals surface area contributed by atoms with Crippen molar-refractivity contribution in [1.82, 2.24) is 9.97 Å². The van der Waals surface area contributed by atoms with Gasteiger partial charge in [0.05, 0.1) is 12.8 Å². The highest BCUT2D eigenvalue weighted by Crippen LogP contribution is 2.19. The van der Waals surface area contributed by atoms with E-state index in [1.54, 1.807) is 0 Å². The first-order chi connectivity index (χ1) is 10.5. The van der Waals surface area contributed by atoms with E-state index in [9.17, 15) is 9.59 Å². The van der Waals surface area contributed by atoms with Crippen molar-refractivity contribution >= 4 is 28.3 Å². The van der Waals surface area contributed by atoms with E-state index in [1.807, 2.05) is 25.3 Å². The number of nitrogens with zero attached hydrogens (tertiary/aromatic N) is 1. The standard InChI is InChI=1S/C15H19N3O3S/c1-9-7-10(2)16-13(9)14(20)18-15-17-11(8-22-15)5-4-6-12(19)21-3/h7-8,16H,4-6H2,1-3H3,(H,17,18,20). The molecule has 0 fully saturated rings. The van der Waals surface area contributed by atoms with Gasteiger partial charge in [0, 0.05) is 17.5 Å². The number of aryl methyl sites for hydroxylation is 3. The minimum Gasteiger partial charge on any atom is -0.469 e. The molecule has 0 unspecified atom stereocenters. The van der Waals surface area contributed by atoms with E-state index in [0.29, 0.717) is 30.1 Å². The van der Waals surface area contributed by atoms with Gasteiger partial charge in [-0.1, -0.05) is 0 Å². The van der Waals surface area contributed by atoms with Gasteiger partial charge in [-0.25, -0.2) is 4.98 Å². The van der Waals surface area contributed by atoms with Gasteiger partial charge in [0.1, 0.15) is 5.69 Å². The Kier molecular flexibility index (Phi) is 5.32. The van der Waals surface area contributed by atoms with Gasteiger partial charge >= 0.3 is 5.97 Å². The summed E-state index contributed by atoms with van der Waals surface area (Å²) in [6, 6.07) is 1.93. The zero-order chi connectivity index (χ0) is 16.1. The number of thiazole rings is 1. The number of esters is 1. The summed E-state index contributed by atoms with van der Waals surface area (Å²) < 4.78 is 4.59. The highest BCUT2D eigenvalue weighted by atomic mass is 32.1. The van der Waals surface area contributed by atoms with E-state index >= 15 is 0 Å². The molecule has 2 aromatic rings. The van der Waals surface area contributed by atoms with E-state index in [1.165, 1.54) is 18.4 Å². The molecule has 0 spiro atoms. The zero-order valence-electron chi connectivity index (χ0n) is 12.9. The molecule has 0 aliphatic carbocycles. The van der Waals surface area contributed by atoms with Crippen LogP contribution < -0.4 is 5.32 Å². The second-order valence-corrected chi connectivity index (χ2v) is 5.90. The summed E-state index contributed by atoms with van der Waals surface area (Å²) >= 11 is 1.38. The van der Waals surface area contributed by atoms with Crippen molar-refractivity contribution in [2.75, 3.05) is 12.4 Å². The first kappa shape index (κ1) is 16.2. The summed E-state index contributed by atoms with van der Waals surface area (Å²) in [5.74, 6) is -0.414. The van der Waals surface area contributed by atoms with Gasteiger partial charge in [0.15, 0.2) is 5.13 Å². The number of rotatable bonds is 6. The van der Waals surface area contributed by atoms with Crippen molar-refractivity contribution in [1.29, 1.82) is 0 Å². The van der Waals surface area contributed by atoms with E-state index in [0.717, 1.165) is 17.0 Å². The molecule has 0 atom stereocenters. The molecule has 2 heterocycles. The minimum absolute atomic E-state index is 0.193. The van der Waals surface area contributed by atoms with Crippen molar-refractivity contribution in [3.63, 3.8) is 0 Å². The van der Waals surface area contributed by atoms with Crippen LogP contribution in [0.4, 0.5) is 5.13 Å². The van der Waals surface area contributed by atoms with Crippen molar-refractivity contribution in [3.8, 4) is 0 Å². The number of anilines is 1. The highest BCUT2D eigenvalue weighted by Gasteiger charge is 2.13. The second-order valence-electron chi connectivity index (χ2n) is 5.04. The number of aromatic amines is 1. The van der Waals surface area contributed by atoms with Crippen LogP contribution in [-0.2, 0) is 16.0 Å². The van der Waals surface area contributed by atoms with Crippen molar-refractivity contribution < 1.29 is 14.3 Å². The minimum atomic E-state index is -0.221. The molecule has 2 rings (SSSR count). The molecule has 22 heavy (non-hydrogen) atoms. The summed E-state index contributed by atoms with van der Waals surface area (Å²) in [5.41, 5.74) is 3.28. The van der Waals surface area contributed by atoms with Gasteiger partial charge in [-0.05, 0) is 38.3 Å². The lowest BCUT2D eigenvalue weighted by atomic mass is 10.2. The highest BCUT2D eigenvalue weighted by molar-refractivity contribution is 7.13. The quantitative estimate of drug-likeness (QED) is 0.801. The Labute approximate surface area is 132 Å². The molecule has 0 aliphatic rings. The maximum Gasteiger partial charge on any atom is 0.305 e. The first-order valence-electron chi connectivity index (χ1n) is 6.98. The molecule has 1 amide bonds. The number of amides is 1. The molecule has 2 N–H and O–H groups in total. The predicted octanol–water partition coefficient (Wildman–Crippen LogP) is 2.84. The van der Waals surface area contributed by atoms with E-state index in [2.05, 4.69) is 20.0 Å². The Hall–Kier alpha value is -2.15. The number of H-pyrrole nitrogens is 1. The number of hydrogen-bond donors (Lipinski definition) is 2. The number of methoxy groups -OCH3 is 1. The average molecular weight is 321 g/mol. The van der Waals surface area contributed by atoms with E-state index < -0.39 is 0 Å². The summed E-state index contributed by atoms with van der Waals surface area (Å²) in [7, 11) is 1.38. The fraction of sp³-hybridized carbons (Fsp3) is 0.400. The van der Waals surface area contributed by atoms with Crippen LogP contribution in [-0.4, -0.2) is 29.0 Å². The molecule has 6 nitrogen and oxygen atoms in total. The van der Waals surface area contributed by atoms with Crippen LogP contribution in [0.3, 0.4) is 0 Å². The molecule has 0 radical (unpaired) electrons. The monoisotopic (exact) mass is 321 g/mol. The fourth-order valence-corrected chi connectivity index (χ4v) is 2.86. The third-order valence-corrected chi connectivity index (χ3v) is 4.00. The molecular formula is C15H19N3O3S. The summed E-state index contributed by atoms with van der Waals surface area (Å²) in [6.07, 6.45) is 1.73. The SMILES string of the molecule is COC(=O)CCCc1csc(NC(=O)c2[nH]c(C)cc2C)n1. The lowest BCUT2D eigenvalue weighted by molar-refractivity contribution is -0.140. The Bertz CT molecular complexity index is 675. The normalized spacial score (nSPS) is 10.5. The Morgan fingerprint density at radius 3 is 2.82 bits per heavy atom. The maximum absolute atomic E-state index is 12.2. The van der Waals surface area contributed by atoms with E-state index in [4.69, 9.17) is 0 Å². The van der Waals surface area contributed by atoms with Crippen LogP contribution in [0.2, 0.25) is 0 Å². The molecule has 0 aliphatic heterocycles.